The minimum atomic E-state index is -2.12. The Morgan fingerprint density at radius 3 is 2.53 bits per heavy atom. The normalized spacial score (nSPS) is 49.0. The topological polar surface area (TPSA) is 100 Å². The van der Waals surface area contributed by atoms with Crippen LogP contribution in [0.3, 0.4) is 0 Å². The van der Waals surface area contributed by atoms with Crippen molar-refractivity contribution in [2.45, 2.75) is 63.8 Å². The molecule has 4 aliphatic carbocycles. The van der Waals surface area contributed by atoms with E-state index < -0.39 is 58.3 Å². The van der Waals surface area contributed by atoms with Crippen LogP contribution >= 0.6 is 0 Å². The number of carbonyl (C=O) groups is 2. The number of fused-ring (bicyclic) bond motifs is 5. The van der Waals surface area contributed by atoms with Crippen LogP contribution in [0.2, 0.25) is 0 Å². The molecule has 8 atom stereocenters. The van der Waals surface area contributed by atoms with Crippen LogP contribution in [-0.4, -0.2) is 40.7 Å². The van der Waals surface area contributed by atoms with Crippen LogP contribution in [0.5, 0.6) is 0 Å². The Balaban J connectivity index is 0.00000160. The van der Waals surface area contributed by atoms with Gasteiger partial charge < -0.3 is 15.3 Å². The second kappa shape index (κ2) is 8.44. The minimum absolute atomic E-state index is 0. The molecule has 0 heterocycles. The number of aliphatic hydroxyl groups excluding tert-OH is 1. The number of halogens is 1. The van der Waals surface area contributed by atoms with Gasteiger partial charge in [0.15, 0.2) is 5.78 Å². The van der Waals surface area contributed by atoms with E-state index in [4.69, 9.17) is 0 Å². The first-order valence-corrected chi connectivity index (χ1v) is 10.1. The van der Waals surface area contributed by atoms with Crippen LogP contribution in [0.25, 0.3) is 0 Å². The molecule has 8 heteroatoms. The summed E-state index contributed by atoms with van der Waals surface area (Å²) in [4.78, 5) is 24.3. The van der Waals surface area contributed by atoms with E-state index in [1.807, 2.05) is 0 Å². The molecule has 0 radical (unpaired) electrons. The second-order valence-electron chi connectivity index (χ2n) is 9.69. The molecule has 4 aliphatic rings. The Morgan fingerprint density at radius 2 is 1.93 bits per heavy atom. The number of hydrogen-bond donors (Lipinski definition) is 1. The van der Waals surface area contributed by atoms with E-state index in [1.54, 1.807) is 20.8 Å². The SMILES string of the molecule is C[C@H]1C[C@H]2[C@@H]3CCC4=CC(=O)C=C[C@]4(C)[C@@]3(F)[C@@H]([O-])C[C@]2(C)[C@@]1([O-])C(=O)CO.[Na+].[Na+]. The Kier molecular flexibility index (Phi) is 7.57. The van der Waals surface area contributed by atoms with Crippen LogP contribution in [0, 0.1) is 28.6 Å². The van der Waals surface area contributed by atoms with Crippen LogP contribution in [-0.2, 0) is 9.59 Å². The summed E-state index contributed by atoms with van der Waals surface area (Å²) in [6, 6.07) is 0. The molecule has 0 aromatic heterocycles. The van der Waals surface area contributed by atoms with Crippen molar-refractivity contribution in [3.8, 4) is 0 Å². The number of hydrogen-bond acceptors (Lipinski definition) is 5. The molecule has 0 spiro atoms. The van der Waals surface area contributed by atoms with E-state index in [0.29, 0.717) is 24.8 Å². The fourth-order valence-electron chi connectivity index (χ4n) is 7.21. The summed E-state index contributed by atoms with van der Waals surface area (Å²) in [7, 11) is 0. The third-order valence-corrected chi connectivity index (χ3v) is 8.71. The average Bonchev–Trinajstić information content (AvgIpc) is 2.84. The predicted octanol–water partition coefficient (Wildman–Crippen LogP) is -5.36. The van der Waals surface area contributed by atoms with Gasteiger partial charge in [-0.25, -0.2) is 4.39 Å². The molecule has 0 unspecified atom stereocenters. The van der Waals surface area contributed by atoms with Crippen LogP contribution in [0.15, 0.2) is 23.8 Å². The van der Waals surface area contributed by atoms with Gasteiger partial charge in [-0.15, -0.1) is 0 Å². The first-order valence-electron chi connectivity index (χ1n) is 10.1. The van der Waals surface area contributed by atoms with Gasteiger partial charge in [0.1, 0.15) is 18.1 Å². The van der Waals surface area contributed by atoms with Crippen LogP contribution < -0.4 is 69.3 Å². The van der Waals surface area contributed by atoms with E-state index in [1.165, 1.54) is 18.2 Å². The fourth-order valence-corrected chi connectivity index (χ4v) is 7.21. The molecule has 154 valence electrons. The van der Waals surface area contributed by atoms with Gasteiger partial charge in [-0.1, -0.05) is 38.0 Å². The summed E-state index contributed by atoms with van der Waals surface area (Å²) in [5.41, 5.74) is -5.91. The third kappa shape index (κ3) is 3.05. The Morgan fingerprint density at radius 1 is 1.30 bits per heavy atom. The largest absolute Gasteiger partial charge is 1.00 e. The number of allylic oxidation sites excluding steroid dienone is 4. The summed E-state index contributed by atoms with van der Waals surface area (Å²) < 4.78 is 16.8. The van der Waals surface area contributed by atoms with Gasteiger partial charge >= 0.3 is 59.1 Å². The van der Waals surface area contributed by atoms with Gasteiger partial charge in [-0.2, -0.15) is 0 Å². The van der Waals surface area contributed by atoms with Crippen molar-refractivity contribution in [2.75, 3.05) is 6.61 Å². The molecule has 0 aliphatic heterocycles. The molecule has 3 saturated carbocycles. The van der Waals surface area contributed by atoms with Gasteiger partial charge in [0, 0.05) is 5.41 Å². The number of alkyl halides is 1. The summed E-state index contributed by atoms with van der Waals surface area (Å²) in [5, 5.41) is 36.5. The second-order valence-corrected chi connectivity index (χ2v) is 9.69. The number of rotatable bonds is 2. The zero-order valence-electron chi connectivity index (χ0n) is 18.5. The average molecular weight is 436 g/mol. The maximum absolute atomic E-state index is 16.8. The molecular formula is C22H27FNa2O5. The van der Waals surface area contributed by atoms with Gasteiger partial charge in [-0.3, -0.25) is 9.59 Å². The van der Waals surface area contributed by atoms with Crippen LogP contribution in [0.4, 0.5) is 4.39 Å². The standard InChI is InChI=1S/C22H27FO5.2Na/c1-12-8-16-15-5-4-13-9-14(25)6-7-19(13,2)21(15,23)17(26)10-20(16,3)22(12,28)18(27)11-24;;/h6-7,9,12,15-17,24H,4-5,8,10-11H2,1-3H3;;/q-2;2*+1/t12-,15-,16-,17-,19-,20-,21-,22-;;/m0../s1. The van der Waals surface area contributed by atoms with Crippen molar-refractivity contribution in [1.29, 1.82) is 0 Å². The molecule has 0 aromatic carbocycles. The van der Waals surface area contributed by atoms with Crippen molar-refractivity contribution in [1.82, 2.24) is 0 Å². The fraction of sp³-hybridized carbons (Fsp3) is 0.727. The molecule has 0 saturated heterocycles. The Bertz CT molecular complexity index is 815. The van der Waals surface area contributed by atoms with Crippen molar-refractivity contribution in [3.63, 3.8) is 0 Å². The number of aliphatic hydroxyl groups is 1. The number of Topliss-reactive ketones (excluding diaryl/α,β-unsaturated/α-hetero) is 1. The number of ketones is 2. The zero-order chi connectivity index (χ0) is 20.7. The monoisotopic (exact) mass is 436 g/mol. The van der Waals surface area contributed by atoms with Crippen molar-refractivity contribution < 1.29 is 88.4 Å². The summed E-state index contributed by atoms with van der Waals surface area (Å²) in [6.45, 7) is 4.16. The van der Waals surface area contributed by atoms with Crippen molar-refractivity contribution in [3.05, 3.63) is 23.8 Å². The summed E-state index contributed by atoms with van der Waals surface area (Å²) in [5.74, 6) is -2.63. The van der Waals surface area contributed by atoms with Gasteiger partial charge in [0.05, 0.1) is 0 Å². The molecule has 30 heavy (non-hydrogen) atoms. The quantitative estimate of drug-likeness (QED) is 0.436. The van der Waals surface area contributed by atoms with Gasteiger partial charge in [0.25, 0.3) is 0 Å². The number of carbonyl (C=O) groups excluding carboxylic acids is 2. The molecule has 5 nitrogen and oxygen atoms in total. The molecule has 0 aromatic rings. The smallest absolute Gasteiger partial charge is 0.850 e. The van der Waals surface area contributed by atoms with Crippen molar-refractivity contribution in [2.24, 2.45) is 28.6 Å². The van der Waals surface area contributed by atoms with Crippen molar-refractivity contribution >= 4 is 11.6 Å². The summed E-state index contributed by atoms with van der Waals surface area (Å²) >= 11 is 0. The van der Waals surface area contributed by atoms with Gasteiger partial charge in [0.2, 0.25) is 0 Å². The first-order chi connectivity index (χ1) is 13.0. The van der Waals surface area contributed by atoms with Crippen LogP contribution in [0.1, 0.15) is 46.5 Å². The molecule has 3 fully saturated rings. The maximum atomic E-state index is 16.8. The van der Waals surface area contributed by atoms with E-state index in [9.17, 15) is 24.9 Å². The molecular weight excluding hydrogens is 409 g/mol. The van der Waals surface area contributed by atoms with E-state index in [-0.39, 0.29) is 71.3 Å². The maximum Gasteiger partial charge on any atom is 1.00 e. The predicted molar refractivity (Wildman–Crippen MR) is 95.5 cm³/mol. The Hall–Kier alpha value is 0.630. The zero-order valence-corrected chi connectivity index (χ0v) is 22.5. The minimum Gasteiger partial charge on any atom is -0.850 e. The van der Waals surface area contributed by atoms with Gasteiger partial charge in [-0.05, 0) is 67.1 Å². The first kappa shape index (κ1) is 26.9. The molecule has 1 N–H and O–H groups in total. The van der Waals surface area contributed by atoms with E-state index in [0.717, 1.165) is 0 Å². The third-order valence-electron chi connectivity index (χ3n) is 8.71. The van der Waals surface area contributed by atoms with E-state index >= 15 is 4.39 Å². The molecule has 0 bridgehead atoms. The van der Waals surface area contributed by atoms with E-state index in [2.05, 4.69) is 0 Å². The Labute approximate surface area is 221 Å². The summed E-state index contributed by atoms with van der Waals surface area (Å²) in [6.07, 6.45) is 3.63. The molecule has 0 amide bonds. The molecule has 4 rings (SSSR count).